The van der Waals surface area contributed by atoms with Gasteiger partial charge in [-0.25, -0.2) is 0 Å². The van der Waals surface area contributed by atoms with Crippen molar-refractivity contribution in [2.24, 2.45) is 0 Å². The number of hydrogen-bond donors (Lipinski definition) is 0. The van der Waals surface area contributed by atoms with Crippen molar-refractivity contribution < 1.29 is 0 Å². The highest BCUT2D eigenvalue weighted by Gasteiger charge is 2.25. The second-order valence-electron chi connectivity index (χ2n) is 11.5. The molecule has 0 amide bonds. The molecule has 2 aromatic heterocycles. The first-order valence-corrected chi connectivity index (χ1v) is 17.6. The molecule has 7 aromatic carbocycles. The molecule has 0 saturated carbocycles. The van der Waals surface area contributed by atoms with Crippen molar-refractivity contribution in [3.8, 4) is 0 Å². The summed E-state index contributed by atoms with van der Waals surface area (Å²) >= 11 is 10.8. The van der Waals surface area contributed by atoms with Gasteiger partial charge in [0.2, 0.25) is 0 Å². The van der Waals surface area contributed by atoms with E-state index in [0.29, 0.717) is 0 Å². The maximum atomic E-state index is 7.22. The number of nitrogens with zero attached hydrogens (tertiary/aromatic N) is 2. The van der Waals surface area contributed by atoms with Crippen LogP contribution in [0.2, 0.25) is 5.02 Å². The van der Waals surface area contributed by atoms with Crippen LogP contribution in [0.1, 0.15) is 0 Å². The number of fused-ring (bicyclic) bond motifs is 6. The van der Waals surface area contributed by atoms with Gasteiger partial charge in [0, 0.05) is 63.1 Å². The number of thiophene rings is 2. The molecular weight excluding hydrogens is 632 g/mol. The van der Waals surface area contributed by atoms with Crippen molar-refractivity contribution in [1.29, 1.82) is 0 Å². The van der Waals surface area contributed by atoms with E-state index in [1.807, 2.05) is 11.3 Å². The van der Waals surface area contributed by atoms with E-state index in [9.17, 15) is 0 Å². The van der Waals surface area contributed by atoms with Crippen LogP contribution in [-0.4, -0.2) is 0 Å². The largest absolute Gasteiger partial charge is 0.308 e. The first kappa shape index (κ1) is 28.1. The van der Waals surface area contributed by atoms with Gasteiger partial charge in [0.1, 0.15) is 0 Å². The number of anilines is 6. The van der Waals surface area contributed by atoms with E-state index in [2.05, 4.69) is 174 Å². The minimum atomic E-state index is 0.753. The van der Waals surface area contributed by atoms with E-state index in [1.165, 1.54) is 35.0 Å². The smallest absolute Gasteiger partial charge is 0.0716 e. The first-order valence-electron chi connectivity index (χ1n) is 15.5. The van der Waals surface area contributed by atoms with Crippen LogP contribution in [0.4, 0.5) is 34.1 Å². The Hall–Kier alpha value is -5.13. The summed E-state index contributed by atoms with van der Waals surface area (Å²) in [5, 5.41) is 5.57. The highest BCUT2D eigenvalue weighted by molar-refractivity contribution is 7.26. The summed E-state index contributed by atoms with van der Waals surface area (Å²) in [7, 11) is 0. The molecule has 0 aliphatic rings. The molecule has 5 heteroatoms. The van der Waals surface area contributed by atoms with E-state index in [1.54, 1.807) is 11.3 Å². The normalized spacial score (nSPS) is 11.5. The van der Waals surface area contributed by atoms with Crippen LogP contribution < -0.4 is 9.80 Å². The summed E-state index contributed by atoms with van der Waals surface area (Å²) in [6, 6.07) is 58.3. The van der Waals surface area contributed by atoms with E-state index in [0.717, 1.165) is 44.5 Å². The molecule has 0 N–H and O–H groups in total. The van der Waals surface area contributed by atoms with Crippen LogP contribution >= 0.6 is 34.3 Å². The van der Waals surface area contributed by atoms with Crippen molar-refractivity contribution >= 4 is 109 Å². The number of benzene rings is 7. The van der Waals surface area contributed by atoms with Gasteiger partial charge in [0.05, 0.1) is 16.4 Å². The lowest BCUT2D eigenvalue weighted by Crippen LogP contribution is -2.17. The molecule has 0 aliphatic heterocycles. The van der Waals surface area contributed by atoms with Crippen LogP contribution in [0.25, 0.3) is 40.3 Å². The summed E-state index contributed by atoms with van der Waals surface area (Å²) in [4.78, 5) is 4.74. The summed E-state index contributed by atoms with van der Waals surface area (Å²) in [6.45, 7) is 0. The first-order chi connectivity index (χ1) is 23.2. The zero-order chi connectivity index (χ0) is 31.3. The van der Waals surface area contributed by atoms with Gasteiger partial charge < -0.3 is 9.80 Å². The molecule has 0 aliphatic carbocycles. The molecule has 0 atom stereocenters. The van der Waals surface area contributed by atoms with Crippen molar-refractivity contribution in [2.75, 3.05) is 9.80 Å². The number of para-hydroxylation sites is 3. The lowest BCUT2D eigenvalue weighted by Gasteiger charge is -2.33. The molecule has 0 fully saturated rings. The van der Waals surface area contributed by atoms with Crippen LogP contribution in [0.5, 0.6) is 0 Å². The molecular formula is C42H27ClN2S2. The molecule has 2 nitrogen and oxygen atoms in total. The fraction of sp³-hybridized carbons (Fsp3) is 0. The summed E-state index contributed by atoms with van der Waals surface area (Å²) in [6.07, 6.45) is 0. The monoisotopic (exact) mass is 658 g/mol. The Balaban J connectivity index is 1.39. The van der Waals surface area contributed by atoms with Gasteiger partial charge >= 0.3 is 0 Å². The molecule has 0 radical (unpaired) electrons. The van der Waals surface area contributed by atoms with Crippen molar-refractivity contribution in [1.82, 2.24) is 0 Å². The van der Waals surface area contributed by atoms with Crippen LogP contribution in [-0.2, 0) is 0 Å². The third-order valence-corrected chi connectivity index (χ3v) is 11.2. The minimum Gasteiger partial charge on any atom is -0.308 e. The topological polar surface area (TPSA) is 6.48 Å². The molecule has 0 bridgehead atoms. The third kappa shape index (κ3) is 4.85. The van der Waals surface area contributed by atoms with Crippen molar-refractivity contribution in [3.63, 3.8) is 0 Å². The van der Waals surface area contributed by atoms with Crippen molar-refractivity contribution in [2.45, 2.75) is 0 Å². The predicted octanol–water partition coefficient (Wildman–Crippen LogP) is 14.0. The lowest BCUT2D eigenvalue weighted by atomic mass is 10.1. The Kier molecular flexibility index (Phi) is 6.93. The molecule has 0 spiro atoms. The predicted molar refractivity (Wildman–Crippen MR) is 207 cm³/mol. The second-order valence-corrected chi connectivity index (χ2v) is 14.1. The van der Waals surface area contributed by atoms with E-state index < -0.39 is 0 Å². The average molecular weight is 659 g/mol. The Bertz CT molecular complexity index is 2500. The Morgan fingerprint density at radius 2 is 0.830 bits per heavy atom. The fourth-order valence-electron chi connectivity index (χ4n) is 6.61. The molecule has 0 unspecified atom stereocenters. The quantitative estimate of drug-likeness (QED) is 0.175. The minimum absolute atomic E-state index is 0.753. The van der Waals surface area contributed by atoms with Crippen LogP contribution in [0.15, 0.2) is 164 Å². The van der Waals surface area contributed by atoms with Gasteiger partial charge in [-0.1, -0.05) is 103 Å². The summed E-state index contributed by atoms with van der Waals surface area (Å²) in [5.74, 6) is 0. The summed E-state index contributed by atoms with van der Waals surface area (Å²) < 4.78 is 4.92. The van der Waals surface area contributed by atoms with Crippen LogP contribution in [0.3, 0.4) is 0 Å². The molecule has 0 saturated heterocycles. The van der Waals surface area contributed by atoms with Gasteiger partial charge in [-0.2, -0.15) is 0 Å². The highest BCUT2D eigenvalue weighted by Crippen LogP contribution is 2.51. The molecule has 47 heavy (non-hydrogen) atoms. The Morgan fingerprint density at radius 1 is 0.362 bits per heavy atom. The number of hydrogen-bond acceptors (Lipinski definition) is 4. The van der Waals surface area contributed by atoms with Gasteiger partial charge in [-0.15, -0.1) is 22.7 Å². The third-order valence-electron chi connectivity index (χ3n) is 8.67. The maximum Gasteiger partial charge on any atom is 0.0716 e. The fourth-order valence-corrected chi connectivity index (χ4v) is 9.27. The van der Waals surface area contributed by atoms with Gasteiger partial charge in [0.25, 0.3) is 0 Å². The molecule has 9 rings (SSSR count). The molecule has 9 aromatic rings. The Morgan fingerprint density at radius 3 is 1.45 bits per heavy atom. The van der Waals surface area contributed by atoms with Crippen LogP contribution in [0, 0.1) is 0 Å². The zero-order valence-corrected chi connectivity index (χ0v) is 27.6. The maximum absolute atomic E-state index is 7.22. The Labute approximate surface area is 285 Å². The van der Waals surface area contributed by atoms with Crippen molar-refractivity contribution in [3.05, 3.63) is 169 Å². The molecule has 224 valence electrons. The number of halogens is 1. The standard InChI is InChI=1S/C42H27ClN2S2/c43-35-24-31(25-41-42(35)33-21-11-13-23-39(33)47-41)45(30-18-8-3-9-19-30)37-27-40-34(32-20-10-12-22-38(32)46-40)26-36(37)44(28-14-4-1-5-15-28)29-16-6-2-7-17-29/h1-27H. The van der Waals surface area contributed by atoms with Gasteiger partial charge in [-0.3, -0.25) is 0 Å². The average Bonchev–Trinajstić information content (AvgIpc) is 3.68. The second kappa shape index (κ2) is 11.6. The molecule has 2 heterocycles. The SMILES string of the molecule is Clc1cc(N(c2ccccc2)c2cc3sc4ccccc4c3cc2N(c2ccccc2)c2ccccc2)cc2sc3ccccc3c12. The zero-order valence-electron chi connectivity index (χ0n) is 25.2. The highest BCUT2D eigenvalue weighted by atomic mass is 35.5. The van der Waals surface area contributed by atoms with Gasteiger partial charge in [-0.05, 0) is 72.8 Å². The van der Waals surface area contributed by atoms with E-state index >= 15 is 0 Å². The van der Waals surface area contributed by atoms with E-state index in [4.69, 9.17) is 11.6 Å². The number of rotatable bonds is 6. The van der Waals surface area contributed by atoms with Gasteiger partial charge in [0.15, 0.2) is 0 Å². The van der Waals surface area contributed by atoms with E-state index in [-0.39, 0.29) is 0 Å². The lowest BCUT2D eigenvalue weighted by molar-refractivity contribution is 1.24. The summed E-state index contributed by atoms with van der Waals surface area (Å²) in [5.41, 5.74) is 6.40.